The van der Waals surface area contributed by atoms with Crippen LogP contribution in [-0.4, -0.2) is 59.5 Å². The zero-order valence-electron chi connectivity index (χ0n) is 16.1. The molecule has 2 aromatic rings. The highest BCUT2D eigenvalue weighted by molar-refractivity contribution is 5.93. The molecule has 6 nitrogen and oxygen atoms in total. The molecule has 1 aliphatic rings. The van der Waals surface area contributed by atoms with E-state index in [-0.39, 0.29) is 24.5 Å². The largest absolute Gasteiger partial charge is 0.392 e. The van der Waals surface area contributed by atoms with Gasteiger partial charge < -0.3 is 15.7 Å². The fraction of sp³-hybridized carbons (Fsp3) is 0.364. The number of rotatable bonds is 7. The average molecular weight is 381 g/mol. The number of carbonyl (C=O) groups is 2. The summed E-state index contributed by atoms with van der Waals surface area (Å²) in [6.45, 7) is 2.13. The molecule has 1 aliphatic heterocycles. The maximum Gasteiger partial charge on any atom is 0.248 e. The van der Waals surface area contributed by atoms with Crippen LogP contribution in [0.1, 0.15) is 33.9 Å². The van der Waals surface area contributed by atoms with E-state index in [1.807, 2.05) is 43.4 Å². The highest BCUT2D eigenvalue weighted by Crippen LogP contribution is 2.24. The van der Waals surface area contributed by atoms with E-state index in [4.69, 9.17) is 5.73 Å². The quantitative estimate of drug-likeness (QED) is 0.763. The first kappa shape index (κ1) is 20.0. The van der Waals surface area contributed by atoms with Gasteiger partial charge >= 0.3 is 0 Å². The van der Waals surface area contributed by atoms with Gasteiger partial charge in [0.15, 0.2) is 0 Å². The molecule has 0 aromatic heterocycles. The third kappa shape index (κ3) is 4.97. The van der Waals surface area contributed by atoms with Crippen molar-refractivity contribution < 1.29 is 14.7 Å². The molecule has 0 spiro atoms. The Morgan fingerprint density at radius 1 is 1.21 bits per heavy atom. The van der Waals surface area contributed by atoms with Crippen molar-refractivity contribution in [2.45, 2.75) is 25.0 Å². The third-order valence-corrected chi connectivity index (χ3v) is 5.29. The minimum absolute atomic E-state index is 0.0322. The Labute approximate surface area is 165 Å². The van der Waals surface area contributed by atoms with Crippen molar-refractivity contribution in [2.24, 2.45) is 5.73 Å². The van der Waals surface area contributed by atoms with Gasteiger partial charge in [-0.05, 0) is 29.7 Å². The molecule has 0 radical (unpaired) electrons. The number of likely N-dealkylation sites (tertiary alicyclic amines) is 1. The number of nitrogens with two attached hydrogens (primary N) is 1. The number of hydrogen-bond acceptors (Lipinski definition) is 4. The van der Waals surface area contributed by atoms with Gasteiger partial charge in [-0.2, -0.15) is 0 Å². The maximum absolute atomic E-state index is 13.0. The summed E-state index contributed by atoms with van der Waals surface area (Å²) < 4.78 is 0. The van der Waals surface area contributed by atoms with Crippen molar-refractivity contribution >= 4 is 11.8 Å². The molecule has 2 amide bonds. The zero-order valence-corrected chi connectivity index (χ0v) is 16.1. The van der Waals surface area contributed by atoms with Gasteiger partial charge in [-0.3, -0.25) is 14.5 Å². The number of primary amides is 1. The predicted octanol–water partition coefficient (Wildman–Crippen LogP) is 1.59. The van der Waals surface area contributed by atoms with Crippen LogP contribution < -0.4 is 5.73 Å². The molecule has 2 aromatic carbocycles. The second-order valence-electron chi connectivity index (χ2n) is 7.37. The summed E-state index contributed by atoms with van der Waals surface area (Å²) in [7, 11) is 1.81. The highest BCUT2D eigenvalue weighted by Gasteiger charge is 2.28. The van der Waals surface area contributed by atoms with E-state index in [0.29, 0.717) is 18.7 Å². The van der Waals surface area contributed by atoms with E-state index >= 15 is 0 Å². The lowest BCUT2D eigenvalue weighted by Gasteiger charge is -2.32. The lowest BCUT2D eigenvalue weighted by Crippen LogP contribution is -2.39. The van der Waals surface area contributed by atoms with Gasteiger partial charge in [0.2, 0.25) is 11.8 Å². The van der Waals surface area contributed by atoms with Gasteiger partial charge in [-0.25, -0.2) is 0 Å². The van der Waals surface area contributed by atoms with E-state index < -0.39 is 5.91 Å². The van der Waals surface area contributed by atoms with Crippen LogP contribution in [0.25, 0.3) is 0 Å². The fourth-order valence-electron chi connectivity index (χ4n) is 3.66. The molecule has 3 N–H and O–H groups in total. The number of carbonyl (C=O) groups excluding carboxylic acids is 2. The summed E-state index contributed by atoms with van der Waals surface area (Å²) in [4.78, 5) is 28.3. The van der Waals surface area contributed by atoms with Gasteiger partial charge in [0.25, 0.3) is 0 Å². The molecule has 2 atom stereocenters. The van der Waals surface area contributed by atoms with Crippen LogP contribution >= 0.6 is 0 Å². The van der Waals surface area contributed by atoms with Gasteiger partial charge in [-0.1, -0.05) is 42.5 Å². The van der Waals surface area contributed by atoms with Crippen molar-refractivity contribution in [1.29, 1.82) is 0 Å². The number of nitrogens with zero attached hydrogens (tertiary/aromatic N) is 2. The molecule has 1 heterocycles. The number of β-amino-alcohol motifs (C(OH)–C–C–N with tert-alkyl or cyclic N) is 1. The van der Waals surface area contributed by atoms with Crippen molar-refractivity contribution in [1.82, 2.24) is 9.80 Å². The number of aliphatic hydroxyl groups excluding tert-OH is 1. The van der Waals surface area contributed by atoms with Crippen LogP contribution in [-0.2, 0) is 11.2 Å². The predicted molar refractivity (Wildman–Crippen MR) is 108 cm³/mol. The first-order valence-corrected chi connectivity index (χ1v) is 9.54. The van der Waals surface area contributed by atoms with Gasteiger partial charge in [0.05, 0.1) is 18.6 Å². The summed E-state index contributed by atoms with van der Waals surface area (Å²) in [6, 6.07) is 16.7. The van der Waals surface area contributed by atoms with Crippen LogP contribution in [0.5, 0.6) is 0 Å². The monoisotopic (exact) mass is 381 g/mol. The molecule has 0 unspecified atom stereocenters. The van der Waals surface area contributed by atoms with Crippen LogP contribution in [0.4, 0.5) is 0 Å². The number of aliphatic hydroxyl groups is 1. The molecular weight excluding hydrogens is 354 g/mol. The molecule has 28 heavy (non-hydrogen) atoms. The van der Waals surface area contributed by atoms with Crippen molar-refractivity contribution in [3.63, 3.8) is 0 Å². The second kappa shape index (κ2) is 8.99. The molecular formula is C22H27N3O3. The Kier molecular flexibility index (Phi) is 6.44. The summed E-state index contributed by atoms with van der Waals surface area (Å²) in [5.41, 5.74) is 7.56. The van der Waals surface area contributed by atoms with Crippen LogP contribution in [0.15, 0.2) is 54.6 Å². The van der Waals surface area contributed by atoms with E-state index in [9.17, 15) is 14.7 Å². The molecule has 1 fully saturated rings. The van der Waals surface area contributed by atoms with E-state index in [1.165, 1.54) is 0 Å². The number of amides is 2. The number of hydrogen-bond donors (Lipinski definition) is 2. The Balaban J connectivity index is 1.76. The molecule has 1 saturated heterocycles. The normalized spacial score (nSPS) is 18.0. The van der Waals surface area contributed by atoms with E-state index in [2.05, 4.69) is 4.90 Å². The van der Waals surface area contributed by atoms with Gasteiger partial charge in [0, 0.05) is 32.2 Å². The minimum atomic E-state index is -0.502. The number of likely N-dealkylation sites (N-methyl/N-ethyl adjacent to an activating group) is 1. The van der Waals surface area contributed by atoms with Crippen molar-refractivity contribution in [3.05, 3.63) is 71.3 Å². The zero-order chi connectivity index (χ0) is 20.1. The summed E-state index contributed by atoms with van der Waals surface area (Å²) in [6.07, 6.45) is 0.664. The summed E-state index contributed by atoms with van der Waals surface area (Å²) in [5, 5.41) is 9.84. The standard InChI is InChI=1S/C22H27N3O3/c1-24(21(27)13-16-6-5-9-18(12-16)22(23)28)20(17-7-3-2-4-8-17)15-25-11-10-19(26)14-25/h2-9,12,19-20,26H,10-11,13-15H2,1H3,(H2,23,28)/t19-,20+/m0/s1. The molecule has 0 aliphatic carbocycles. The SMILES string of the molecule is CN(C(=O)Cc1cccc(C(N)=O)c1)[C@H](CN1CC[C@H](O)C1)c1ccccc1. The van der Waals surface area contributed by atoms with Crippen molar-refractivity contribution in [2.75, 3.05) is 26.7 Å². The molecule has 3 rings (SSSR count). The maximum atomic E-state index is 13.0. The minimum Gasteiger partial charge on any atom is -0.392 e. The Morgan fingerprint density at radius 3 is 2.61 bits per heavy atom. The Morgan fingerprint density at radius 2 is 1.96 bits per heavy atom. The molecule has 0 bridgehead atoms. The number of benzene rings is 2. The van der Waals surface area contributed by atoms with Crippen molar-refractivity contribution in [3.8, 4) is 0 Å². The lowest BCUT2D eigenvalue weighted by molar-refractivity contribution is -0.131. The molecule has 6 heteroatoms. The van der Waals surface area contributed by atoms with Crippen LogP contribution in [0.3, 0.4) is 0 Å². The summed E-state index contributed by atoms with van der Waals surface area (Å²) >= 11 is 0. The first-order valence-electron chi connectivity index (χ1n) is 9.54. The second-order valence-corrected chi connectivity index (χ2v) is 7.37. The fourth-order valence-corrected chi connectivity index (χ4v) is 3.66. The topological polar surface area (TPSA) is 86.9 Å². The van der Waals surface area contributed by atoms with Crippen LogP contribution in [0.2, 0.25) is 0 Å². The third-order valence-electron chi connectivity index (χ3n) is 5.29. The first-order chi connectivity index (χ1) is 13.4. The highest BCUT2D eigenvalue weighted by atomic mass is 16.3. The van der Waals surface area contributed by atoms with Gasteiger partial charge in [-0.15, -0.1) is 0 Å². The van der Waals surface area contributed by atoms with E-state index in [1.54, 1.807) is 23.1 Å². The average Bonchev–Trinajstić information content (AvgIpc) is 3.11. The smallest absolute Gasteiger partial charge is 0.248 e. The van der Waals surface area contributed by atoms with Crippen LogP contribution in [0, 0.1) is 0 Å². The van der Waals surface area contributed by atoms with Gasteiger partial charge in [0.1, 0.15) is 0 Å². The Bertz CT molecular complexity index is 825. The Hall–Kier alpha value is -2.70. The van der Waals surface area contributed by atoms with E-state index in [0.717, 1.165) is 24.1 Å². The molecule has 0 saturated carbocycles. The summed E-state index contributed by atoms with van der Waals surface area (Å²) in [5.74, 6) is -0.535. The lowest BCUT2D eigenvalue weighted by atomic mass is 10.0. The molecule has 148 valence electrons.